The smallest absolute Gasteiger partial charge is 0.269 e. The van der Waals surface area contributed by atoms with Gasteiger partial charge in [-0.1, -0.05) is 25.3 Å². The molecule has 1 N–H and O–H groups in total. The van der Waals surface area contributed by atoms with Crippen molar-refractivity contribution in [3.63, 3.8) is 0 Å². The third kappa shape index (κ3) is 3.47. The van der Waals surface area contributed by atoms with E-state index in [1.54, 1.807) is 13.0 Å². The van der Waals surface area contributed by atoms with Crippen LogP contribution in [-0.2, 0) is 5.41 Å². The van der Waals surface area contributed by atoms with E-state index in [1.807, 2.05) is 20.8 Å². The number of rotatable bonds is 2. The summed E-state index contributed by atoms with van der Waals surface area (Å²) in [5.74, 6) is -0.742. The SMILES string of the molecule is Cc1cc(Br)c(F)cc1NC(=O)c1snnc1C(C)(C)C. The summed E-state index contributed by atoms with van der Waals surface area (Å²) >= 11 is 4.16. The van der Waals surface area contributed by atoms with Crippen molar-refractivity contribution in [2.24, 2.45) is 0 Å². The van der Waals surface area contributed by atoms with E-state index in [0.717, 1.165) is 17.1 Å². The quantitative estimate of drug-likeness (QED) is 0.855. The molecule has 4 nitrogen and oxygen atoms in total. The van der Waals surface area contributed by atoms with Crippen LogP contribution in [0, 0.1) is 12.7 Å². The molecule has 1 aromatic heterocycles. The van der Waals surface area contributed by atoms with Crippen molar-refractivity contribution in [1.29, 1.82) is 0 Å². The predicted molar refractivity (Wildman–Crippen MR) is 85.4 cm³/mol. The molecule has 21 heavy (non-hydrogen) atoms. The zero-order valence-corrected chi connectivity index (χ0v) is 14.5. The first-order valence-corrected chi connectivity index (χ1v) is 7.86. The average Bonchev–Trinajstić information content (AvgIpc) is 2.85. The molecule has 1 heterocycles. The molecule has 0 unspecified atom stereocenters. The van der Waals surface area contributed by atoms with Crippen LogP contribution in [0.4, 0.5) is 10.1 Å². The van der Waals surface area contributed by atoms with E-state index in [9.17, 15) is 9.18 Å². The Morgan fingerprint density at radius 3 is 2.67 bits per heavy atom. The maximum absolute atomic E-state index is 13.6. The fourth-order valence-corrected chi connectivity index (χ4v) is 3.02. The topological polar surface area (TPSA) is 54.9 Å². The number of hydrogen-bond acceptors (Lipinski definition) is 4. The lowest BCUT2D eigenvalue weighted by Gasteiger charge is -2.16. The minimum atomic E-state index is -0.422. The summed E-state index contributed by atoms with van der Waals surface area (Å²) < 4.78 is 17.8. The van der Waals surface area contributed by atoms with Crippen molar-refractivity contribution in [2.75, 3.05) is 5.32 Å². The second kappa shape index (κ2) is 5.81. The lowest BCUT2D eigenvalue weighted by molar-refractivity contribution is 0.102. The number of carbonyl (C=O) groups is 1. The van der Waals surface area contributed by atoms with Gasteiger partial charge in [-0.15, -0.1) is 5.10 Å². The summed E-state index contributed by atoms with van der Waals surface area (Å²) in [7, 11) is 0. The molecule has 112 valence electrons. The average molecular weight is 372 g/mol. The first kappa shape index (κ1) is 16.0. The van der Waals surface area contributed by atoms with Gasteiger partial charge in [0.15, 0.2) is 0 Å². The third-order valence-electron chi connectivity index (χ3n) is 2.92. The van der Waals surface area contributed by atoms with E-state index in [1.165, 1.54) is 6.07 Å². The van der Waals surface area contributed by atoms with Gasteiger partial charge in [0.1, 0.15) is 10.7 Å². The second-order valence-corrected chi connectivity index (χ2v) is 7.34. The highest BCUT2D eigenvalue weighted by Gasteiger charge is 2.26. The Bertz CT molecular complexity index is 694. The summed E-state index contributed by atoms with van der Waals surface area (Å²) in [5, 5.41) is 6.75. The monoisotopic (exact) mass is 371 g/mol. The minimum absolute atomic E-state index is 0.278. The summed E-state index contributed by atoms with van der Waals surface area (Å²) in [4.78, 5) is 12.8. The summed E-state index contributed by atoms with van der Waals surface area (Å²) in [6.07, 6.45) is 0. The number of hydrogen-bond donors (Lipinski definition) is 1. The largest absolute Gasteiger partial charge is 0.321 e. The predicted octanol–water partition coefficient (Wildman–Crippen LogP) is 4.30. The van der Waals surface area contributed by atoms with Gasteiger partial charge in [-0.25, -0.2) is 4.39 Å². The molecule has 0 aliphatic rings. The lowest BCUT2D eigenvalue weighted by atomic mass is 9.91. The molecule has 1 aromatic carbocycles. The first-order chi connectivity index (χ1) is 9.70. The van der Waals surface area contributed by atoms with E-state index in [-0.39, 0.29) is 11.3 Å². The highest BCUT2D eigenvalue weighted by molar-refractivity contribution is 9.10. The van der Waals surface area contributed by atoms with Gasteiger partial charge in [-0.3, -0.25) is 4.79 Å². The van der Waals surface area contributed by atoms with E-state index in [4.69, 9.17) is 0 Å². The number of halogens is 2. The molecule has 0 saturated heterocycles. The number of amides is 1. The molecule has 0 aliphatic carbocycles. The second-order valence-electron chi connectivity index (χ2n) is 5.74. The molecule has 0 radical (unpaired) electrons. The van der Waals surface area contributed by atoms with Crippen LogP contribution < -0.4 is 5.32 Å². The van der Waals surface area contributed by atoms with Gasteiger partial charge in [-0.2, -0.15) is 0 Å². The van der Waals surface area contributed by atoms with E-state index >= 15 is 0 Å². The molecular formula is C14H15BrFN3OS. The summed E-state index contributed by atoms with van der Waals surface area (Å²) in [6.45, 7) is 7.69. The van der Waals surface area contributed by atoms with Crippen molar-refractivity contribution < 1.29 is 9.18 Å². The van der Waals surface area contributed by atoms with Crippen LogP contribution in [0.25, 0.3) is 0 Å². The van der Waals surface area contributed by atoms with Crippen LogP contribution in [0.3, 0.4) is 0 Å². The van der Waals surface area contributed by atoms with Crippen LogP contribution in [0.2, 0.25) is 0 Å². The zero-order chi connectivity index (χ0) is 15.8. The van der Waals surface area contributed by atoms with Crippen LogP contribution in [-0.4, -0.2) is 15.5 Å². The number of aryl methyl sites for hydroxylation is 1. The molecule has 0 bridgehead atoms. The molecule has 0 spiro atoms. The number of benzene rings is 1. The van der Waals surface area contributed by atoms with Crippen LogP contribution in [0.5, 0.6) is 0 Å². The standard InChI is InChI=1S/C14H15BrFN3OS/c1-7-5-8(15)9(16)6-10(7)17-13(20)11-12(14(2,3)4)18-19-21-11/h5-6H,1-4H3,(H,17,20). The van der Waals surface area contributed by atoms with Crippen LogP contribution >= 0.6 is 27.5 Å². The molecule has 2 rings (SSSR count). The Hall–Kier alpha value is -1.34. The summed E-state index contributed by atoms with van der Waals surface area (Å²) in [5.41, 5.74) is 1.57. The van der Waals surface area contributed by atoms with Crippen molar-refractivity contribution in [3.05, 3.63) is 38.6 Å². The minimum Gasteiger partial charge on any atom is -0.321 e. The molecular weight excluding hydrogens is 357 g/mol. The Kier molecular flexibility index (Phi) is 4.43. The van der Waals surface area contributed by atoms with Gasteiger partial charge in [0.25, 0.3) is 5.91 Å². The third-order valence-corrected chi connectivity index (χ3v) is 4.25. The number of nitrogens with zero attached hydrogens (tertiary/aromatic N) is 2. The molecule has 0 fully saturated rings. The molecule has 0 saturated carbocycles. The van der Waals surface area contributed by atoms with Crippen molar-refractivity contribution in [1.82, 2.24) is 9.59 Å². The van der Waals surface area contributed by atoms with Gasteiger partial charge in [0, 0.05) is 11.1 Å². The van der Waals surface area contributed by atoms with Gasteiger partial charge < -0.3 is 5.32 Å². The lowest BCUT2D eigenvalue weighted by Crippen LogP contribution is -2.20. The van der Waals surface area contributed by atoms with Gasteiger partial charge >= 0.3 is 0 Å². The molecule has 7 heteroatoms. The number of aromatic nitrogens is 2. The Balaban J connectivity index is 2.31. The Labute approximate surface area is 135 Å². The molecule has 2 aromatic rings. The van der Waals surface area contributed by atoms with Gasteiger partial charge in [-0.05, 0) is 52.1 Å². The van der Waals surface area contributed by atoms with Gasteiger partial charge in [0.05, 0.1) is 10.2 Å². The number of anilines is 1. The van der Waals surface area contributed by atoms with Crippen LogP contribution in [0.1, 0.15) is 41.7 Å². The van der Waals surface area contributed by atoms with Crippen molar-refractivity contribution in [2.45, 2.75) is 33.1 Å². The highest BCUT2D eigenvalue weighted by Crippen LogP contribution is 2.28. The van der Waals surface area contributed by atoms with E-state index in [0.29, 0.717) is 20.7 Å². The van der Waals surface area contributed by atoms with E-state index < -0.39 is 5.82 Å². The number of carbonyl (C=O) groups excluding carboxylic acids is 1. The summed E-state index contributed by atoms with van der Waals surface area (Å²) in [6, 6.07) is 2.92. The molecule has 0 aliphatic heterocycles. The van der Waals surface area contributed by atoms with Gasteiger partial charge in [0.2, 0.25) is 0 Å². The first-order valence-electron chi connectivity index (χ1n) is 6.30. The molecule has 0 atom stereocenters. The number of nitrogens with one attached hydrogen (secondary N) is 1. The Morgan fingerprint density at radius 1 is 1.38 bits per heavy atom. The fraction of sp³-hybridized carbons (Fsp3) is 0.357. The maximum Gasteiger partial charge on any atom is 0.269 e. The normalized spacial score (nSPS) is 11.5. The Morgan fingerprint density at radius 2 is 2.05 bits per heavy atom. The molecule has 1 amide bonds. The van der Waals surface area contributed by atoms with E-state index in [2.05, 4.69) is 30.8 Å². The van der Waals surface area contributed by atoms with Crippen molar-refractivity contribution >= 4 is 39.1 Å². The maximum atomic E-state index is 13.6. The highest BCUT2D eigenvalue weighted by atomic mass is 79.9. The van der Waals surface area contributed by atoms with Crippen LogP contribution in [0.15, 0.2) is 16.6 Å². The zero-order valence-electron chi connectivity index (χ0n) is 12.1. The fourth-order valence-electron chi connectivity index (χ4n) is 1.79. The van der Waals surface area contributed by atoms with Crippen molar-refractivity contribution in [3.8, 4) is 0 Å².